The van der Waals surface area contributed by atoms with Gasteiger partial charge in [0.1, 0.15) is 5.76 Å². The first-order chi connectivity index (χ1) is 10.8. The summed E-state index contributed by atoms with van der Waals surface area (Å²) in [6.45, 7) is 0.507. The highest BCUT2D eigenvalue weighted by Crippen LogP contribution is 2.10. The van der Waals surface area contributed by atoms with Crippen molar-refractivity contribution >= 4 is 5.97 Å². The minimum atomic E-state index is -0.439. The number of nitrogens with one attached hydrogen (secondary N) is 2. The Bertz CT molecular complexity index is 702. The Morgan fingerprint density at radius 3 is 2.86 bits per heavy atom. The van der Waals surface area contributed by atoms with Gasteiger partial charge in [-0.1, -0.05) is 30.3 Å². The summed E-state index contributed by atoms with van der Waals surface area (Å²) in [6, 6.07) is 12.0. The number of nitrogens with zero attached hydrogens (tertiary/aromatic N) is 1. The number of rotatable bonds is 5. The summed E-state index contributed by atoms with van der Waals surface area (Å²) in [5, 5.41) is 9.90. The molecule has 1 aromatic carbocycles. The van der Waals surface area contributed by atoms with Gasteiger partial charge in [-0.15, -0.1) is 0 Å². The first kappa shape index (κ1) is 14.1. The number of dihydropyridines is 1. The second-order valence-electron chi connectivity index (χ2n) is 5.03. The van der Waals surface area contributed by atoms with Crippen molar-refractivity contribution in [2.45, 2.75) is 12.8 Å². The van der Waals surface area contributed by atoms with Gasteiger partial charge in [0.2, 0.25) is 0 Å². The van der Waals surface area contributed by atoms with Gasteiger partial charge < -0.3 is 10.1 Å². The zero-order valence-corrected chi connectivity index (χ0v) is 12.1. The van der Waals surface area contributed by atoms with Crippen molar-refractivity contribution in [3.63, 3.8) is 0 Å². The average Bonchev–Trinajstić information content (AvgIpc) is 3.04. The lowest BCUT2D eigenvalue weighted by Crippen LogP contribution is -2.17. The number of aromatic nitrogens is 2. The number of aromatic amines is 1. The molecule has 0 bridgehead atoms. The quantitative estimate of drug-likeness (QED) is 0.831. The van der Waals surface area contributed by atoms with Gasteiger partial charge in [-0.05, 0) is 42.8 Å². The molecule has 0 saturated carbocycles. The van der Waals surface area contributed by atoms with E-state index >= 15 is 0 Å². The lowest BCUT2D eigenvalue weighted by molar-refractivity contribution is 0.0611. The number of ether oxygens (including phenoxy) is 1. The number of carbonyl (C=O) groups is 1. The molecule has 2 heterocycles. The third-order valence-corrected chi connectivity index (χ3v) is 3.36. The third kappa shape index (κ3) is 3.63. The van der Waals surface area contributed by atoms with E-state index in [1.165, 1.54) is 5.56 Å². The van der Waals surface area contributed by atoms with Crippen molar-refractivity contribution in [1.82, 2.24) is 15.5 Å². The summed E-state index contributed by atoms with van der Waals surface area (Å²) in [5.74, 6) is 0.145. The molecule has 1 aliphatic rings. The highest BCUT2D eigenvalue weighted by Gasteiger charge is 2.14. The fourth-order valence-corrected chi connectivity index (χ4v) is 2.20. The van der Waals surface area contributed by atoms with Crippen molar-refractivity contribution in [2.75, 3.05) is 6.54 Å². The maximum Gasteiger partial charge on any atom is 0.363 e. The number of hydrogen-bond acceptors (Lipinski definition) is 4. The average molecular weight is 295 g/mol. The van der Waals surface area contributed by atoms with Crippen LogP contribution >= 0.6 is 0 Å². The molecule has 0 amide bonds. The highest BCUT2D eigenvalue weighted by atomic mass is 16.5. The van der Waals surface area contributed by atoms with Crippen LogP contribution in [-0.4, -0.2) is 22.7 Å². The van der Waals surface area contributed by atoms with E-state index in [9.17, 15) is 4.79 Å². The molecule has 2 aromatic rings. The summed E-state index contributed by atoms with van der Waals surface area (Å²) in [7, 11) is 0. The van der Waals surface area contributed by atoms with Crippen LogP contribution in [0.1, 0.15) is 21.7 Å². The fraction of sp³-hybridized carbons (Fsp3) is 0.176. The molecule has 0 aliphatic carbocycles. The Balaban J connectivity index is 1.57. The van der Waals surface area contributed by atoms with Crippen LogP contribution in [0.3, 0.4) is 0 Å². The minimum absolute atomic E-state index is 0.304. The summed E-state index contributed by atoms with van der Waals surface area (Å²) >= 11 is 0. The summed E-state index contributed by atoms with van der Waals surface area (Å²) in [4.78, 5) is 12.0. The molecule has 1 aromatic heterocycles. The van der Waals surface area contributed by atoms with Crippen molar-refractivity contribution in [2.24, 2.45) is 0 Å². The molecule has 1 aliphatic heterocycles. The number of esters is 1. The zero-order valence-electron chi connectivity index (χ0n) is 12.1. The van der Waals surface area contributed by atoms with Crippen LogP contribution in [0.2, 0.25) is 0 Å². The SMILES string of the molecule is O=C(OC1=CC=CNC1)c1cc(CCc2ccccc2)[nH]n1. The third-order valence-electron chi connectivity index (χ3n) is 3.36. The van der Waals surface area contributed by atoms with E-state index in [-0.39, 0.29) is 0 Å². The molecule has 0 atom stereocenters. The van der Waals surface area contributed by atoms with E-state index in [4.69, 9.17) is 4.74 Å². The van der Waals surface area contributed by atoms with E-state index < -0.39 is 5.97 Å². The van der Waals surface area contributed by atoms with Crippen LogP contribution in [0.4, 0.5) is 0 Å². The number of carbonyl (C=O) groups excluding carboxylic acids is 1. The number of hydrogen-bond donors (Lipinski definition) is 2. The summed E-state index contributed by atoms with van der Waals surface area (Å²) < 4.78 is 5.28. The van der Waals surface area contributed by atoms with Crippen molar-refractivity contribution in [3.8, 4) is 0 Å². The molecule has 112 valence electrons. The molecule has 5 heteroatoms. The lowest BCUT2D eigenvalue weighted by Gasteiger charge is -2.09. The summed E-state index contributed by atoms with van der Waals surface area (Å²) in [6.07, 6.45) is 7.06. The molecular formula is C17H17N3O2. The van der Waals surface area contributed by atoms with E-state index in [0.717, 1.165) is 18.5 Å². The second-order valence-corrected chi connectivity index (χ2v) is 5.03. The Morgan fingerprint density at radius 2 is 2.09 bits per heavy atom. The van der Waals surface area contributed by atoms with Crippen molar-refractivity contribution in [3.05, 3.63) is 77.5 Å². The van der Waals surface area contributed by atoms with Gasteiger partial charge in [-0.3, -0.25) is 5.10 Å². The maximum atomic E-state index is 12.0. The van der Waals surface area contributed by atoms with Crippen LogP contribution in [0, 0.1) is 0 Å². The van der Waals surface area contributed by atoms with E-state index in [0.29, 0.717) is 18.0 Å². The molecule has 22 heavy (non-hydrogen) atoms. The van der Waals surface area contributed by atoms with Gasteiger partial charge in [0.05, 0.1) is 6.54 Å². The highest BCUT2D eigenvalue weighted by molar-refractivity contribution is 5.88. The predicted molar refractivity (Wildman–Crippen MR) is 83.1 cm³/mol. The summed E-state index contributed by atoms with van der Waals surface area (Å²) in [5.41, 5.74) is 2.48. The van der Waals surface area contributed by atoms with E-state index in [2.05, 4.69) is 27.6 Å². The molecule has 2 N–H and O–H groups in total. The van der Waals surface area contributed by atoms with Crippen LogP contribution in [0.5, 0.6) is 0 Å². The number of H-pyrrole nitrogens is 1. The first-order valence-electron chi connectivity index (χ1n) is 7.21. The van der Waals surface area contributed by atoms with Crippen molar-refractivity contribution in [1.29, 1.82) is 0 Å². The lowest BCUT2D eigenvalue weighted by atomic mass is 10.1. The van der Waals surface area contributed by atoms with Gasteiger partial charge in [0.15, 0.2) is 5.69 Å². The van der Waals surface area contributed by atoms with Gasteiger partial charge in [-0.25, -0.2) is 4.79 Å². The molecular weight excluding hydrogens is 278 g/mol. The Labute approximate surface area is 128 Å². The minimum Gasteiger partial charge on any atom is -0.424 e. The van der Waals surface area contributed by atoms with Crippen LogP contribution in [0.25, 0.3) is 0 Å². The topological polar surface area (TPSA) is 67.0 Å². The first-order valence-corrected chi connectivity index (χ1v) is 7.21. The number of aryl methyl sites for hydroxylation is 2. The van der Waals surface area contributed by atoms with Crippen LogP contribution in [-0.2, 0) is 17.6 Å². The molecule has 0 radical (unpaired) electrons. The Kier molecular flexibility index (Phi) is 4.34. The van der Waals surface area contributed by atoms with Gasteiger partial charge in [-0.2, -0.15) is 5.10 Å². The normalized spacial score (nSPS) is 13.4. The standard InChI is InChI=1S/C17H17N3O2/c21-17(22-15-7-4-10-18-12-15)16-11-14(19-20-16)9-8-13-5-2-1-3-6-13/h1-7,10-11,18H,8-9,12H2,(H,19,20). The number of allylic oxidation sites excluding steroid dienone is 2. The monoisotopic (exact) mass is 295 g/mol. The smallest absolute Gasteiger partial charge is 0.363 e. The maximum absolute atomic E-state index is 12.0. The second kappa shape index (κ2) is 6.76. The Hall–Kier alpha value is -2.82. The molecule has 0 saturated heterocycles. The van der Waals surface area contributed by atoms with Gasteiger partial charge in [0, 0.05) is 5.69 Å². The molecule has 0 spiro atoms. The van der Waals surface area contributed by atoms with Gasteiger partial charge >= 0.3 is 5.97 Å². The molecule has 0 fully saturated rings. The Morgan fingerprint density at radius 1 is 1.23 bits per heavy atom. The largest absolute Gasteiger partial charge is 0.424 e. The predicted octanol–water partition coefficient (Wildman–Crippen LogP) is 2.35. The van der Waals surface area contributed by atoms with E-state index in [1.807, 2.05) is 18.2 Å². The zero-order chi connectivity index (χ0) is 15.2. The fourth-order valence-electron chi connectivity index (χ4n) is 2.20. The van der Waals surface area contributed by atoms with E-state index in [1.54, 1.807) is 24.4 Å². The molecule has 3 rings (SSSR count). The van der Waals surface area contributed by atoms with Gasteiger partial charge in [0.25, 0.3) is 0 Å². The molecule has 5 nitrogen and oxygen atoms in total. The molecule has 0 unspecified atom stereocenters. The van der Waals surface area contributed by atoms with Crippen molar-refractivity contribution < 1.29 is 9.53 Å². The van der Waals surface area contributed by atoms with Crippen LogP contribution < -0.4 is 5.32 Å². The number of benzene rings is 1. The van der Waals surface area contributed by atoms with Crippen LogP contribution in [0.15, 0.2) is 60.5 Å².